The molecule has 0 aromatic heterocycles. The minimum Gasteiger partial charge on any atom is -0.434 e. The Morgan fingerprint density at radius 1 is 1.18 bits per heavy atom. The van der Waals surface area contributed by atoms with Gasteiger partial charge in [0.2, 0.25) is 12.8 Å². The predicted molar refractivity (Wildman–Crippen MR) is 58.8 cm³/mol. The Bertz CT molecular complexity index is 296. The van der Waals surface area contributed by atoms with Gasteiger partial charge < -0.3 is 10.1 Å². The van der Waals surface area contributed by atoms with Gasteiger partial charge >= 0.3 is 5.97 Å². The molecule has 0 atom stereocenters. The number of ketones is 1. The number of rotatable bonds is 6. The largest absolute Gasteiger partial charge is 0.434 e. The Labute approximate surface area is 99.7 Å². The molecule has 0 unspecified atom stereocenters. The summed E-state index contributed by atoms with van der Waals surface area (Å²) in [5.41, 5.74) is -0.513. The van der Waals surface area contributed by atoms with E-state index in [1.54, 1.807) is 20.8 Å². The lowest BCUT2D eigenvalue weighted by atomic mass is 9.91. The van der Waals surface area contributed by atoms with Crippen molar-refractivity contribution in [1.82, 2.24) is 5.32 Å². The molecule has 0 aromatic carbocycles. The minimum atomic E-state index is -1.19. The highest BCUT2D eigenvalue weighted by molar-refractivity contribution is 5.90. The fraction of sp³-hybridized carbons (Fsp3) is 0.727. The molecule has 0 bridgehead atoms. The summed E-state index contributed by atoms with van der Waals surface area (Å²) in [6.07, 6.45) is -0.310. The van der Waals surface area contributed by atoms with Crippen LogP contribution in [0.5, 0.6) is 0 Å². The first-order chi connectivity index (χ1) is 7.77. The Hall–Kier alpha value is -1.46. The van der Waals surface area contributed by atoms with Crippen LogP contribution in [-0.4, -0.2) is 31.1 Å². The predicted octanol–water partition coefficient (Wildman–Crippen LogP) is 0.968. The average molecular weight is 247 g/mol. The van der Waals surface area contributed by atoms with Crippen LogP contribution < -0.4 is 5.32 Å². The zero-order valence-corrected chi connectivity index (χ0v) is 10.3. The second kappa shape index (κ2) is 6.98. The lowest BCUT2D eigenvalue weighted by Crippen LogP contribution is -2.35. The van der Waals surface area contributed by atoms with Crippen LogP contribution in [0, 0.1) is 5.41 Å². The van der Waals surface area contributed by atoms with E-state index in [-0.39, 0.29) is 25.2 Å². The molecule has 0 saturated carbocycles. The molecule has 0 heterocycles. The van der Waals surface area contributed by atoms with Gasteiger partial charge in [-0.05, 0) is 0 Å². The monoisotopic (exact) mass is 247 g/mol. The standard InChI is InChI=1S/C11H18FNO4/c1-11(2,3)8(14)6-13-9(15)4-5-10(16)17-7-12/h4-7H2,1-3H3,(H,13,15). The third-order valence-electron chi connectivity index (χ3n) is 2.05. The van der Waals surface area contributed by atoms with Crippen LogP contribution in [0.15, 0.2) is 0 Å². The van der Waals surface area contributed by atoms with Gasteiger partial charge in [0, 0.05) is 11.8 Å². The van der Waals surface area contributed by atoms with Crippen molar-refractivity contribution in [2.24, 2.45) is 5.41 Å². The van der Waals surface area contributed by atoms with E-state index in [0.717, 1.165) is 0 Å². The van der Waals surface area contributed by atoms with Crippen LogP contribution in [0.1, 0.15) is 33.6 Å². The highest BCUT2D eigenvalue weighted by Gasteiger charge is 2.21. The molecule has 0 spiro atoms. The number of Topliss-reactive ketones (excluding diaryl/α,β-unsaturated/α-hetero) is 1. The Morgan fingerprint density at radius 3 is 2.24 bits per heavy atom. The average Bonchev–Trinajstić information content (AvgIpc) is 2.22. The molecule has 1 N–H and O–H groups in total. The van der Waals surface area contributed by atoms with Crippen molar-refractivity contribution in [3.63, 3.8) is 0 Å². The second-order valence-corrected chi connectivity index (χ2v) is 4.58. The number of ether oxygens (including phenoxy) is 1. The maximum atomic E-state index is 11.6. The topological polar surface area (TPSA) is 72.5 Å². The molecule has 0 aromatic rings. The highest BCUT2D eigenvalue weighted by Crippen LogP contribution is 2.13. The Morgan fingerprint density at radius 2 is 1.76 bits per heavy atom. The molecule has 0 aliphatic heterocycles. The summed E-state index contributed by atoms with van der Waals surface area (Å²) in [5.74, 6) is -1.31. The molecule has 6 heteroatoms. The van der Waals surface area contributed by atoms with E-state index < -0.39 is 24.2 Å². The molecule has 98 valence electrons. The van der Waals surface area contributed by atoms with Gasteiger partial charge in [0.15, 0.2) is 5.78 Å². The summed E-state index contributed by atoms with van der Waals surface area (Å²) >= 11 is 0. The number of esters is 1. The van der Waals surface area contributed by atoms with E-state index in [2.05, 4.69) is 10.1 Å². The van der Waals surface area contributed by atoms with Crippen molar-refractivity contribution < 1.29 is 23.5 Å². The van der Waals surface area contributed by atoms with Crippen molar-refractivity contribution in [3.8, 4) is 0 Å². The lowest BCUT2D eigenvalue weighted by molar-refractivity contribution is -0.148. The number of carbonyl (C=O) groups excluding carboxylic acids is 3. The molecule has 0 rings (SSSR count). The van der Waals surface area contributed by atoms with Crippen LogP contribution in [0.25, 0.3) is 0 Å². The maximum absolute atomic E-state index is 11.6. The molecule has 17 heavy (non-hydrogen) atoms. The van der Waals surface area contributed by atoms with Gasteiger partial charge in [0.1, 0.15) is 0 Å². The fourth-order valence-corrected chi connectivity index (χ4v) is 0.881. The zero-order valence-electron chi connectivity index (χ0n) is 10.3. The normalized spacial score (nSPS) is 10.8. The number of hydrogen-bond donors (Lipinski definition) is 1. The van der Waals surface area contributed by atoms with Crippen molar-refractivity contribution in [2.75, 3.05) is 13.4 Å². The van der Waals surface area contributed by atoms with Crippen LogP contribution >= 0.6 is 0 Å². The van der Waals surface area contributed by atoms with Gasteiger partial charge in [-0.25, -0.2) is 4.39 Å². The van der Waals surface area contributed by atoms with Gasteiger partial charge in [-0.1, -0.05) is 20.8 Å². The van der Waals surface area contributed by atoms with Crippen LogP contribution in [0.2, 0.25) is 0 Å². The van der Waals surface area contributed by atoms with E-state index in [1.807, 2.05) is 0 Å². The first-order valence-electron chi connectivity index (χ1n) is 5.29. The number of hydrogen-bond acceptors (Lipinski definition) is 4. The summed E-state index contributed by atoms with van der Waals surface area (Å²) < 4.78 is 15.6. The smallest absolute Gasteiger partial charge is 0.308 e. The van der Waals surface area contributed by atoms with Crippen molar-refractivity contribution >= 4 is 17.7 Å². The van der Waals surface area contributed by atoms with Gasteiger partial charge in [0.25, 0.3) is 0 Å². The van der Waals surface area contributed by atoms with Gasteiger partial charge in [0.05, 0.1) is 13.0 Å². The van der Waals surface area contributed by atoms with Crippen LogP contribution in [0.3, 0.4) is 0 Å². The van der Waals surface area contributed by atoms with E-state index in [9.17, 15) is 18.8 Å². The second-order valence-electron chi connectivity index (χ2n) is 4.58. The Balaban J connectivity index is 3.82. The van der Waals surface area contributed by atoms with E-state index in [0.29, 0.717) is 0 Å². The van der Waals surface area contributed by atoms with Crippen molar-refractivity contribution in [1.29, 1.82) is 0 Å². The number of nitrogens with one attached hydrogen (secondary N) is 1. The Kier molecular flexibility index (Phi) is 6.38. The number of amides is 1. The van der Waals surface area contributed by atoms with Crippen LogP contribution in [-0.2, 0) is 19.1 Å². The quantitative estimate of drug-likeness (QED) is 0.710. The summed E-state index contributed by atoms with van der Waals surface area (Å²) in [5, 5.41) is 2.40. The molecular weight excluding hydrogens is 229 g/mol. The summed E-state index contributed by atoms with van der Waals surface area (Å²) in [4.78, 5) is 33.4. The number of halogens is 1. The maximum Gasteiger partial charge on any atom is 0.308 e. The molecule has 0 fully saturated rings. The number of alkyl halides is 1. The first kappa shape index (κ1) is 15.5. The minimum absolute atomic E-state index is 0.0690. The summed E-state index contributed by atoms with van der Waals surface area (Å²) in [6, 6.07) is 0. The SMILES string of the molecule is CC(C)(C)C(=O)CNC(=O)CCC(=O)OCF. The lowest BCUT2D eigenvalue weighted by Gasteiger charge is -2.16. The van der Waals surface area contributed by atoms with Gasteiger partial charge in [-0.15, -0.1) is 0 Å². The third kappa shape index (κ3) is 7.43. The molecule has 1 amide bonds. The van der Waals surface area contributed by atoms with Gasteiger partial charge in [-0.2, -0.15) is 0 Å². The fourth-order valence-electron chi connectivity index (χ4n) is 0.881. The van der Waals surface area contributed by atoms with Crippen molar-refractivity contribution in [2.45, 2.75) is 33.6 Å². The molecule has 5 nitrogen and oxygen atoms in total. The van der Waals surface area contributed by atoms with Gasteiger partial charge in [-0.3, -0.25) is 14.4 Å². The molecular formula is C11H18FNO4. The highest BCUT2D eigenvalue weighted by atomic mass is 19.1. The summed E-state index contributed by atoms with van der Waals surface area (Å²) in [7, 11) is 0. The number of carbonyl (C=O) groups is 3. The molecule has 0 radical (unpaired) electrons. The molecule has 0 aliphatic carbocycles. The van der Waals surface area contributed by atoms with E-state index in [4.69, 9.17) is 0 Å². The van der Waals surface area contributed by atoms with Crippen LogP contribution in [0.4, 0.5) is 4.39 Å². The first-order valence-corrected chi connectivity index (χ1v) is 5.29. The van der Waals surface area contributed by atoms with E-state index in [1.165, 1.54) is 0 Å². The van der Waals surface area contributed by atoms with Crippen molar-refractivity contribution in [3.05, 3.63) is 0 Å². The molecule has 0 aliphatic rings. The van der Waals surface area contributed by atoms with E-state index >= 15 is 0 Å². The molecule has 0 saturated heterocycles. The third-order valence-corrected chi connectivity index (χ3v) is 2.05. The summed E-state index contributed by atoms with van der Waals surface area (Å²) in [6.45, 7) is 3.99. The zero-order chi connectivity index (χ0) is 13.5.